The molecule has 0 bridgehead atoms. The van der Waals surface area contributed by atoms with Crippen LogP contribution in [0, 0.1) is 17.0 Å². The van der Waals surface area contributed by atoms with Crippen molar-refractivity contribution in [2.24, 2.45) is 0 Å². The molecular formula is C21H16ClN3O4. The second-order valence-corrected chi connectivity index (χ2v) is 6.22. The molecule has 0 fully saturated rings. The van der Waals surface area contributed by atoms with Crippen LogP contribution in [0.25, 0.3) is 22.2 Å². The van der Waals surface area contributed by atoms with Crippen molar-refractivity contribution in [3.8, 4) is 11.3 Å². The summed E-state index contributed by atoms with van der Waals surface area (Å²) in [5, 5.41) is 14.8. The first kappa shape index (κ1) is 20.0. The molecule has 0 saturated heterocycles. The maximum absolute atomic E-state index is 12.6. The highest BCUT2D eigenvalue weighted by molar-refractivity contribution is 6.07. The van der Waals surface area contributed by atoms with E-state index in [1.54, 1.807) is 30.3 Å². The van der Waals surface area contributed by atoms with Crippen LogP contribution in [-0.4, -0.2) is 15.8 Å². The van der Waals surface area contributed by atoms with Gasteiger partial charge in [0.2, 0.25) is 0 Å². The van der Waals surface area contributed by atoms with Gasteiger partial charge in [0.05, 0.1) is 21.7 Å². The summed E-state index contributed by atoms with van der Waals surface area (Å²) >= 11 is 0. The topological polar surface area (TPSA) is 98.3 Å². The minimum Gasteiger partial charge on any atom is -0.451 e. The normalized spacial score (nSPS) is 10.4. The Balaban J connectivity index is 0.00000240. The number of anilines is 1. The fourth-order valence-corrected chi connectivity index (χ4v) is 3.00. The van der Waals surface area contributed by atoms with Gasteiger partial charge in [-0.3, -0.25) is 19.9 Å². The van der Waals surface area contributed by atoms with E-state index in [9.17, 15) is 14.9 Å². The molecule has 0 radical (unpaired) electrons. The molecule has 4 aromatic rings. The number of furan rings is 1. The van der Waals surface area contributed by atoms with Crippen LogP contribution in [0.4, 0.5) is 11.4 Å². The van der Waals surface area contributed by atoms with Crippen molar-refractivity contribution >= 4 is 40.6 Å². The Bertz CT molecular complexity index is 1220. The number of fused-ring (bicyclic) bond motifs is 1. The van der Waals surface area contributed by atoms with Crippen LogP contribution < -0.4 is 5.32 Å². The van der Waals surface area contributed by atoms with Gasteiger partial charge in [0.25, 0.3) is 11.6 Å². The van der Waals surface area contributed by atoms with E-state index in [0.717, 1.165) is 16.6 Å². The van der Waals surface area contributed by atoms with E-state index >= 15 is 0 Å². The van der Waals surface area contributed by atoms with Crippen molar-refractivity contribution in [3.05, 3.63) is 88.3 Å². The van der Waals surface area contributed by atoms with Gasteiger partial charge in [-0.2, -0.15) is 0 Å². The molecule has 146 valence electrons. The number of carbonyl (C=O) groups is 1. The first-order valence-electron chi connectivity index (χ1n) is 8.54. The van der Waals surface area contributed by atoms with Crippen molar-refractivity contribution in [1.29, 1.82) is 0 Å². The Hall–Kier alpha value is -3.71. The lowest BCUT2D eigenvalue weighted by Gasteiger charge is -2.07. The summed E-state index contributed by atoms with van der Waals surface area (Å²) in [6.07, 6.45) is 0. The van der Waals surface area contributed by atoms with Crippen LogP contribution in [0.5, 0.6) is 0 Å². The Morgan fingerprint density at radius 2 is 1.83 bits per heavy atom. The largest absolute Gasteiger partial charge is 0.451 e. The number of aromatic nitrogens is 1. The second kappa shape index (κ2) is 8.12. The van der Waals surface area contributed by atoms with Crippen LogP contribution in [0.3, 0.4) is 0 Å². The number of nitro groups is 1. The van der Waals surface area contributed by atoms with Gasteiger partial charge < -0.3 is 9.73 Å². The average molecular weight is 410 g/mol. The highest BCUT2D eigenvalue weighted by Crippen LogP contribution is 2.31. The zero-order valence-electron chi connectivity index (χ0n) is 15.3. The van der Waals surface area contributed by atoms with Gasteiger partial charge >= 0.3 is 0 Å². The molecule has 0 saturated carbocycles. The maximum atomic E-state index is 12.6. The number of para-hydroxylation sites is 1. The number of pyridine rings is 1. The van der Waals surface area contributed by atoms with E-state index in [4.69, 9.17) is 4.42 Å². The molecule has 1 amide bonds. The minimum absolute atomic E-state index is 0. The van der Waals surface area contributed by atoms with E-state index in [0.29, 0.717) is 11.3 Å². The zero-order valence-corrected chi connectivity index (χ0v) is 16.1. The first-order chi connectivity index (χ1) is 13.5. The molecule has 0 aliphatic rings. The van der Waals surface area contributed by atoms with Crippen LogP contribution in [0.15, 0.2) is 71.1 Å². The Labute approximate surface area is 171 Å². The molecule has 0 aliphatic heterocycles. The Morgan fingerprint density at radius 1 is 1.03 bits per heavy atom. The van der Waals surface area contributed by atoms with Gasteiger partial charge in [-0.1, -0.05) is 18.2 Å². The Morgan fingerprint density at radius 3 is 2.62 bits per heavy atom. The monoisotopic (exact) mass is 409 g/mol. The SMILES string of the molecule is Cc1ccc2c(NC(=O)c3ccc(-c4ccccc4[N+](=O)[O-])o3)cccc2n1.Cl. The minimum atomic E-state index is -0.483. The summed E-state index contributed by atoms with van der Waals surface area (Å²) < 4.78 is 5.59. The first-order valence-corrected chi connectivity index (χ1v) is 8.54. The number of hydrogen-bond acceptors (Lipinski definition) is 5. The molecular weight excluding hydrogens is 394 g/mol. The van der Waals surface area contributed by atoms with Crippen molar-refractivity contribution in [3.63, 3.8) is 0 Å². The highest BCUT2D eigenvalue weighted by atomic mass is 35.5. The third kappa shape index (κ3) is 3.95. The van der Waals surface area contributed by atoms with Gasteiger partial charge in [0.1, 0.15) is 5.76 Å². The highest BCUT2D eigenvalue weighted by Gasteiger charge is 2.19. The second-order valence-electron chi connectivity index (χ2n) is 6.22. The van der Waals surface area contributed by atoms with Crippen molar-refractivity contribution in [2.75, 3.05) is 5.32 Å². The number of rotatable bonds is 4. The lowest BCUT2D eigenvalue weighted by molar-refractivity contribution is -0.384. The van der Waals surface area contributed by atoms with Gasteiger partial charge in [-0.05, 0) is 49.4 Å². The third-order valence-electron chi connectivity index (χ3n) is 4.32. The predicted octanol–water partition coefficient (Wildman–Crippen LogP) is 5.39. The number of benzene rings is 2. The maximum Gasteiger partial charge on any atom is 0.291 e. The number of nitrogens with one attached hydrogen (secondary N) is 1. The number of nitrogens with zero attached hydrogens (tertiary/aromatic N) is 2. The van der Waals surface area contributed by atoms with Crippen LogP contribution in [-0.2, 0) is 0 Å². The number of amides is 1. The Kier molecular flexibility index (Phi) is 5.61. The molecule has 29 heavy (non-hydrogen) atoms. The van der Waals surface area contributed by atoms with E-state index in [1.165, 1.54) is 12.1 Å². The lowest BCUT2D eigenvalue weighted by atomic mass is 10.1. The van der Waals surface area contributed by atoms with E-state index in [1.807, 2.05) is 31.2 Å². The molecule has 8 heteroatoms. The molecule has 0 aliphatic carbocycles. The van der Waals surface area contributed by atoms with Gasteiger partial charge in [-0.15, -0.1) is 12.4 Å². The quantitative estimate of drug-likeness (QED) is 0.360. The molecule has 0 unspecified atom stereocenters. The fraction of sp³-hybridized carbons (Fsp3) is 0.0476. The number of carbonyl (C=O) groups excluding carboxylic acids is 1. The van der Waals surface area contributed by atoms with Gasteiger partial charge in [0, 0.05) is 17.1 Å². The molecule has 0 atom stereocenters. The summed E-state index contributed by atoms with van der Waals surface area (Å²) in [6, 6.07) is 18.5. The molecule has 0 spiro atoms. The molecule has 2 aromatic heterocycles. The molecule has 2 heterocycles. The number of nitro benzene ring substituents is 1. The summed E-state index contributed by atoms with van der Waals surface area (Å²) in [7, 11) is 0. The third-order valence-corrected chi connectivity index (χ3v) is 4.32. The van der Waals surface area contributed by atoms with Crippen molar-refractivity contribution in [2.45, 2.75) is 6.92 Å². The molecule has 1 N–H and O–H groups in total. The van der Waals surface area contributed by atoms with E-state index in [2.05, 4.69) is 10.3 Å². The predicted molar refractivity (Wildman–Crippen MR) is 112 cm³/mol. The fourth-order valence-electron chi connectivity index (χ4n) is 3.00. The average Bonchev–Trinajstić information content (AvgIpc) is 3.18. The lowest BCUT2D eigenvalue weighted by Crippen LogP contribution is -2.11. The number of hydrogen-bond donors (Lipinski definition) is 1. The standard InChI is InChI=1S/C21H15N3O4.ClH/c1-13-9-10-14-16(22-13)6-4-7-17(14)23-21(25)20-12-11-19(28-20)15-5-2-3-8-18(15)24(26)27;/h2-12H,1H3,(H,23,25);1H. The van der Waals surface area contributed by atoms with E-state index < -0.39 is 10.8 Å². The van der Waals surface area contributed by atoms with Crippen LogP contribution in [0.1, 0.15) is 16.2 Å². The smallest absolute Gasteiger partial charge is 0.291 e. The van der Waals surface area contributed by atoms with E-state index in [-0.39, 0.29) is 29.6 Å². The van der Waals surface area contributed by atoms with Gasteiger partial charge in [0.15, 0.2) is 5.76 Å². The molecule has 7 nitrogen and oxygen atoms in total. The summed E-state index contributed by atoms with van der Waals surface area (Å²) in [6.45, 7) is 1.90. The summed E-state index contributed by atoms with van der Waals surface area (Å²) in [4.78, 5) is 27.8. The zero-order chi connectivity index (χ0) is 19.7. The van der Waals surface area contributed by atoms with Crippen LogP contribution in [0.2, 0.25) is 0 Å². The molecule has 4 rings (SSSR count). The van der Waals surface area contributed by atoms with Crippen LogP contribution >= 0.6 is 12.4 Å². The van der Waals surface area contributed by atoms with Gasteiger partial charge in [-0.25, -0.2) is 0 Å². The number of aryl methyl sites for hydroxylation is 1. The summed E-state index contributed by atoms with van der Waals surface area (Å²) in [5.74, 6) is -0.129. The number of halogens is 1. The van der Waals surface area contributed by atoms with Crippen molar-refractivity contribution in [1.82, 2.24) is 4.98 Å². The summed E-state index contributed by atoms with van der Waals surface area (Å²) in [5.41, 5.74) is 2.50. The molecule has 2 aromatic carbocycles. The van der Waals surface area contributed by atoms with Crippen molar-refractivity contribution < 1.29 is 14.1 Å².